The largest absolute Gasteiger partial charge is 0.325 e. The molecule has 1 aromatic carbocycles. The lowest BCUT2D eigenvalue weighted by molar-refractivity contribution is -0.115. The van der Waals surface area contributed by atoms with Crippen LogP contribution in [0.25, 0.3) is 0 Å². The van der Waals surface area contributed by atoms with Gasteiger partial charge in [-0.25, -0.2) is 0 Å². The number of hydrogen-bond acceptors (Lipinski definition) is 3. The maximum atomic E-state index is 11.6. The molecule has 18 heavy (non-hydrogen) atoms. The quantitative estimate of drug-likeness (QED) is 0.742. The Morgan fingerprint density at radius 3 is 2.83 bits per heavy atom. The average molecular weight is 270 g/mol. The van der Waals surface area contributed by atoms with Crippen molar-refractivity contribution >= 4 is 23.2 Å². The van der Waals surface area contributed by atoms with Gasteiger partial charge in [0.05, 0.1) is 6.54 Å². The van der Waals surface area contributed by atoms with E-state index in [0.717, 1.165) is 25.2 Å². The second-order valence-electron chi connectivity index (χ2n) is 4.39. The Morgan fingerprint density at radius 2 is 2.17 bits per heavy atom. The first-order valence-electron chi connectivity index (χ1n) is 5.99. The maximum Gasteiger partial charge on any atom is 0.238 e. The molecular weight excluding hydrogens is 250 g/mol. The predicted octanol–water partition coefficient (Wildman–Crippen LogP) is 1.82. The molecule has 1 aromatic rings. The summed E-state index contributed by atoms with van der Waals surface area (Å²) in [6.07, 6.45) is 1.03. The molecule has 0 aliphatic rings. The average Bonchev–Trinajstić information content (AvgIpc) is 2.28. The Balaban J connectivity index is 2.18. The van der Waals surface area contributed by atoms with Gasteiger partial charge in [-0.1, -0.05) is 17.7 Å². The second kappa shape index (κ2) is 8.08. The number of nitrogens with one attached hydrogen (secondary N) is 2. The molecule has 0 spiro atoms. The minimum Gasteiger partial charge on any atom is -0.325 e. The van der Waals surface area contributed by atoms with Crippen molar-refractivity contribution in [1.29, 1.82) is 0 Å². The molecular formula is C13H20ClN3O. The number of hydrogen-bond donors (Lipinski definition) is 2. The van der Waals surface area contributed by atoms with Crippen LogP contribution < -0.4 is 10.6 Å². The minimum atomic E-state index is -0.0536. The summed E-state index contributed by atoms with van der Waals surface area (Å²) in [4.78, 5) is 13.7. The van der Waals surface area contributed by atoms with Crippen molar-refractivity contribution in [2.75, 3.05) is 39.0 Å². The van der Waals surface area contributed by atoms with Crippen LogP contribution in [0.1, 0.15) is 6.42 Å². The van der Waals surface area contributed by atoms with E-state index in [9.17, 15) is 4.79 Å². The van der Waals surface area contributed by atoms with Gasteiger partial charge >= 0.3 is 0 Å². The van der Waals surface area contributed by atoms with Crippen LogP contribution in [-0.4, -0.2) is 44.5 Å². The number of rotatable bonds is 7. The standard InChI is InChI=1S/C13H20ClN3O/c1-17(2)8-4-7-15-10-13(18)16-12-6-3-5-11(14)9-12/h3,5-6,9,15H,4,7-8,10H2,1-2H3,(H,16,18). The minimum absolute atomic E-state index is 0.0536. The highest BCUT2D eigenvalue weighted by Crippen LogP contribution is 2.14. The van der Waals surface area contributed by atoms with Crippen LogP contribution in [0.4, 0.5) is 5.69 Å². The highest BCUT2D eigenvalue weighted by Gasteiger charge is 2.01. The first kappa shape index (κ1) is 15.0. The molecule has 0 unspecified atom stereocenters. The van der Waals surface area contributed by atoms with Gasteiger partial charge in [-0.15, -0.1) is 0 Å². The Hall–Kier alpha value is -1.10. The van der Waals surface area contributed by atoms with Crippen molar-refractivity contribution < 1.29 is 4.79 Å². The van der Waals surface area contributed by atoms with E-state index in [1.165, 1.54) is 0 Å². The molecule has 0 aromatic heterocycles. The molecule has 4 nitrogen and oxygen atoms in total. The number of benzene rings is 1. The SMILES string of the molecule is CN(C)CCCNCC(=O)Nc1cccc(Cl)c1. The van der Waals surface area contributed by atoms with Gasteiger partial charge in [0, 0.05) is 10.7 Å². The van der Waals surface area contributed by atoms with Crippen LogP contribution in [-0.2, 0) is 4.79 Å². The second-order valence-corrected chi connectivity index (χ2v) is 4.83. The van der Waals surface area contributed by atoms with E-state index in [0.29, 0.717) is 11.6 Å². The fourth-order valence-corrected chi connectivity index (χ4v) is 1.68. The first-order chi connectivity index (χ1) is 8.58. The third kappa shape index (κ3) is 6.59. The van der Waals surface area contributed by atoms with Gasteiger partial charge in [0.15, 0.2) is 0 Å². The van der Waals surface area contributed by atoms with Crippen LogP contribution in [0.2, 0.25) is 5.02 Å². The number of carbonyl (C=O) groups is 1. The highest BCUT2D eigenvalue weighted by atomic mass is 35.5. The molecule has 0 bridgehead atoms. The van der Waals surface area contributed by atoms with Gasteiger partial charge in [-0.05, 0) is 51.8 Å². The van der Waals surface area contributed by atoms with Crippen molar-refractivity contribution in [1.82, 2.24) is 10.2 Å². The summed E-state index contributed by atoms with van der Waals surface area (Å²) in [6, 6.07) is 7.13. The van der Waals surface area contributed by atoms with E-state index in [2.05, 4.69) is 15.5 Å². The summed E-state index contributed by atoms with van der Waals surface area (Å²) in [7, 11) is 4.07. The molecule has 2 N–H and O–H groups in total. The van der Waals surface area contributed by atoms with Crippen molar-refractivity contribution in [3.05, 3.63) is 29.3 Å². The zero-order chi connectivity index (χ0) is 13.4. The van der Waals surface area contributed by atoms with E-state index in [1.807, 2.05) is 26.2 Å². The van der Waals surface area contributed by atoms with Crippen molar-refractivity contribution in [2.45, 2.75) is 6.42 Å². The van der Waals surface area contributed by atoms with E-state index >= 15 is 0 Å². The summed E-state index contributed by atoms with van der Waals surface area (Å²) in [6.45, 7) is 2.17. The molecule has 0 heterocycles. The van der Waals surface area contributed by atoms with Crippen LogP contribution in [0, 0.1) is 0 Å². The molecule has 0 aliphatic carbocycles. The van der Waals surface area contributed by atoms with Crippen LogP contribution in [0.3, 0.4) is 0 Å². The third-order valence-electron chi connectivity index (χ3n) is 2.35. The molecule has 0 atom stereocenters. The van der Waals surface area contributed by atoms with Gasteiger partial charge in [-0.2, -0.15) is 0 Å². The Bertz CT molecular complexity index is 382. The molecule has 100 valence electrons. The summed E-state index contributed by atoms with van der Waals surface area (Å²) >= 11 is 5.83. The van der Waals surface area contributed by atoms with Crippen LogP contribution in [0.15, 0.2) is 24.3 Å². The predicted molar refractivity (Wildman–Crippen MR) is 76.1 cm³/mol. The lowest BCUT2D eigenvalue weighted by Gasteiger charge is -2.10. The zero-order valence-corrected chi connectivity index (χ0v) is 11.6. The smallest absolute Gasteiger partial charge is 0.238 e. The fraction of sp³-hybridized carbons (Fsp3) is 0.462. The molecule has 0 aliphatic heterocycles. The van der Waals surface area contributed by atoms with E-state index in [4.69, 9.17) is 11.6 Å². The number of nitrogens with zero attached hydrogens (tertiary/aromatic N) is 1. The number of halogens is 1. The molecule has 1 amide bonds. The number of anilines is 1. The third-order valence-corrected chi connectivity index (χ3v) is 2.59. The van der Waals surface area contributed by atoms with Crippen LogP contribution >= 0.6 is 11.6 Å². The van der Waals surface area contributed by atoms with Gasteiger partial charge in [-0.3, -0.25) is 4.79 Å². The summed E-state index contributed by atoms with van der Waals surface area (Å²) in [5.41, 5.74) is 0.725. The van der Waals surface area contributed by atoms with Crippen LogP contribution in [0.5, 0.6) is 0 Å². The van der Waals surface area contributed by atoms with E-state index in [1.54, 1.807) is 12.1 Å². The molecule has 5 heteroatoms. The monoisotopic (exact) mass is 269 g/mol. The number of carbonyl (C=O) groups excluding carboxylic acids is 1. The number of amides is 1. The van der Waals surface area contributed by atoms with Crippen molar-refractivity contribution in [3.8, 4) is 0 Å². The maximum absolute atomic E-state index is 11.6. The molecule has 0 saturated heterocycles. The lowest BCUT2D eigenvalue weighted by Crippen LogP contribution is -2.30. The van der Waals surface area contributed by atoms with Crippen molar-refractivity contribution in [2.24, 2.45) is 0 Å². The Labute approximate surface area is 113 Å². The summed E-state index contributed by atoms with van der Waals surface area (Å²) in [5.74, 6) is -0.0536. The molecule has 1 rings (SSSR count). The van der Waals surface area contributed by atoms with E-state index < -0.39 is 0 Å². The highest BCUT2D eigenvalue weighted by molar-refractivity contribution is 6.30. The Morgan fingerprint density at radius 1 is 1.39 bits per heavy atom. The van der Waals surface area contributed by atoms with Gasteiger partial charge in [0.1, 0.15) is 0 Å². The van der Waals surface area contributed by atoms with Gasteiger partial charge < -0.3 is 15.5 Å². The summed E-state index contributed by atoms with van der Waals surface area (Å²) < 4.78 is 0. The van der Waals surface area contributed by atoms with E-state index in [-0.39, 0.29) is 5.91 Å². The molecule has 0 saturated carbocycles. The topological polar surface area (TPSA) is 44.4 Å². The van der Waals surface area contributed by atoms with Crippen molar-refractivity contribution in [3.63, 3.8) is 0 Å². The normalized spacial score (nSPS) is 10.7. The first-order valence-corrected chi connectivity index (χ1v) is 6.36. The Kier molecular flexibility index (Phi) is 6.72. The molecule has 0 fully saturated rings. The lowest BCUT2D eigenvalue weighted by atomic mass is 10.3. The van der Waals surface area contributed by atoms with Gasteiger partial charge in [0.25, 0.3) is 0 Å². The molecule has 0 radical (unpaired) electrons. The fourth-order valence-electron chi connectivity index (χ4n) is 1.49. The van der Waals surface area contributed by atoms with Gasteiger partial charge in [0.2, 0.25) is 5.91 Å². The summed E-state index contributed by atoms with van der Waals surface area (Å²) in [5, 5.41) is 6.51. The zero-order valence-electron chi connectivity index (χ0n) is 10.9.